The van der Waals surface area contributed by atoms with Crippen molar-refractivity contribution in [1.29, 1.82) is 0 Å². The molecule has 1 aliphatic carbocycles. The molecule has 0 saturated heterocycles. The van der Waals surface area contributed by atoms with Gasteiger partial charge in [0.05, 0.1) is 6.61 Å². The van der Waals surface area contributed by atoms with Crippen molar-refractivity contribution >= 4 is 0 Å². The van der Waals surface area contributed by atoms with Crippen LogP contribution in [0.25, 0.3) is 0 Å². The van der Waals surface area contributed by atoms with Gasteiger partial charge in [-0.15, -0.1) is 0 Å². The van der Waals surface area contributed by atoms with Crippen molar-refractivity contribution in [3.63, 3.8) is 0 Å². The van der Waals surface area contributed by atoms with Gasteiger partial charge < -0.3 is 10.5 Å². The van der Waals surface area contributed by atoms with Crippen molar-refractivity contribution in [1.82, 2.24) is 0 Å². The molecule has 0 amide bonds. The molecule has 2 N–H and O–H groups in total. The molecule has 100 valence electrons. The number of rotatable bonds is 6. The highest BCUT2D eigenvalue weighted by atomic mass is 16.5. The quantitative estimate of drug-likeness (QED) is 0.835. The third kappa shape index (κ3) is 3.74. The standard InChI is InChI=1S/C16H25NO/c1-11(2)15-9-14(8-12(3)17)6-7-16(15)18-10-13-4-5-13/h6-7,9,11-13H,4-5,8,10,17H2,1-3H3. The summed E-state index contributed by atoms with van der Waals surface area (Å²) in [6, 6.07) is 6.74. The Balaban J connectivity index is 2.11. The van der Waals surface area contributed by atoms with Crippen LogP contribution in [0.3, 0.4) is 0 Å². The van der Waals surface area contributed by atoms with Crippen molar-refractivity contribution in [2.75, 3.05) is 6.61 Å². The van der Waals surface area contributed by atoms with E-state index < -0.39 is 0 Å². The topological polar surface area (TPSA) is 35.2 Å². The van der Waals surface area contributed by atoms with E-state index in [9.17, 15) is 0 Å². The van der Waals surface area contributed by atoms with Crippen LogP contribution in [0, 0.1) is 5.92 Å². The molecule has 1 atom stereocenters. The van der Waals surface area contributed by atoms with Crippen LogP contribution in [0.1, 0.15) is 50.7 Å². The monoisotopic (exact) mass is 247 g/mol. The van der Waals surface area contributed by atoms with E-state index in [2.05, 4.69) is 32.0 Å². The molecule has 1 fully saturated rings. The first-order valence-electron chi connectivity index (χ1n) is 7.07. The van der Waals surface area contributed by atoms with E-state index in [1.54, 1.807) is 0 Å². The lowest BCUT2D eigenvalue weighted by Gasteiger charge is -2.16. The fraction of sp³-hybridized carbons (Fsp3) is 0.625. The molecule has 0 radical (unpaired) electrons. The zero-order chi connectivity index (χ0) is 13.1. The first-order valence-corrected chi connectivity index (χ1v) is 7.07. The minimum absolute atomic E-state index is 0.211. The maximum absolute atomic E-state index is 5.95. The second-order valence-electron chi connectivity index (χ2n) is 5.96. The summed E-state index contributed by atoms with van der Waals surface area (Å²) in [6.45, 7) is 7.36. The highest BCUT2D eigenvalue weighted by Crippen LogP contribution is 2.32. The Morgan fingerprint density at radius 2 is 2.00 bits per heavy atom. The van der Waals surface area contributed by atoms with E-state index in [4.69, 9.17) is 10.5 Å². The summed E-state index contributed by atoms with van der Waals surface area (Å²) in [5.41, 5.74) is 8.49. The van der Waals surface area contributed by atoms with E-state index in [0.29, 0.717) is 5.92 Å². The minimum atomic E-state index is 0.211. The lowest BCUT2D eigenvalue weighted by atomic mass is 9.97. The van der Waals surface area contributed by atoms with E-state index in [1.807, 2.05) is 6.92 Å². The molecule has 0 heterocycles. The average Bonchev–Trinajstić information content (AvgIpc) is 3.10. The van der Waals surface area contributed by atoms with Gasteiger partial charge in [-0.25, -0.2) is 0 Å². The molecule has 1 aromatic rings. The molecule has 2 rings (SSSR count). The van der Waals surface area contributed by atoms with Crippen LogP contribution >= 0.6 is 0 Å². The third-order valence-corrected chi connectivity index (χ3v) is 3.43. The SMILES string of the molecule is CC(N)Cc1ccc(OCC2CC2)c(C(C)C)c1. The van der Waals surface area contributed by atoms with Gasteiger partial charge in [-0.3, -0.25) is 0 Å². The maximum Gasteiger partial charge on any atom is 0.122 e. The van der Waals surface area contributed by atoms with Crippen LogP contribution in [0.4, 0.5) is 0 Å². The van der Waals surface area contributed by atoms with Gasteiger partial charge in [-0.1, -0.05) is 26.0 Å². The lowest BCUT2D eigenvalue weighted by Crippen LogP contribution is -2.18. The predicted molar refractivity (Wildman–Crippen MR) is 76.1 cm³/mol. The van der Waals surface area contributed by atoms with E-state index in [0.717, 1.165) is 24.7 Å². The average molecular weight is 247 g/mol. The van der Waals surface area contributed by atoms with E-state index in [-0.39, 0.29) is 6.04 Å². The fourth-order valence-electron chi connectivity index (χ4n) is 2.17. The van der Waals surface area contributed by atoms with Crippen molar-refractivity contribution in [3.05, 3.63) is 29.3 Å². The molecular formula is C16H25NO. The van der Waals surface area contributed by atoms with Gasteiger partial charge in [-0.05, 0) is 55.2 Å². The Kier molecular flexibility index (Phi) is 4.28. The molecule has 0 aliphatic heterocycles. The van der Waals surface area contributed by atoms with Crippen LogP contribution < -0.4 is 10.5 Å². The van der Waals surface area contributed by atoms with Gasteiger partial charge in [-0.2, -0.15) is 0 Å². The second-order valence-corrected chi connectivity index (χ2v) is 5.96. The molecule has 1 unspecified atom stereocenters. The first-order chi connectivity index (χ1) is 8.56. The zero-order valence-electron chi connectivity index (χ0n) is 11.8. The molecular weight excluding hydrogens is 222 g/mol. The minimum Gasteiger partial charge on any atom is -0.493 e. The Hall–Kier alpha value is -1.02. The van der Waals surface area contributed by atoms with Crippen LogP contribution in [0.5, 0.6) is 5.75 Å². The summed E-state index contributed by atoms with van der Waals surface area (Å²) >= 11 is 0. The van der Waals surface area contributed by atoms with Gasteiger partial charge >= 0.3 is 0 Å². The van der Waals surface area contributed by atoms with Gasteiger partial charge in [0.2, 0.25) is 0 Å². The smallest absolute Gasteiger partial charge is 0.122 e. The molecule has 2 heteroatoms. The summed E-state index contributed by atoms with van der Waals surface area (Å²) in [5, 5.41) is 0. The predicted octanol–water partition coefficient (Wildman–Crippen LogP) is 3.49. The molecule has 0 spiro atoms. The van der Waals surface area contributed by atoms with Crippen LogP contribution in [0.2, 0.25) is 0 Å². The summed E-state index contributed by atoms with van der Waals surface area (Å²) in [7, 11) is 0. The summed E-state index contributed by atoms with van der Waals surface area (Å²) < 4.78 is 5.95. The normalized spacial score (nSPS) is 16.9. The third-order valence-electron chi connectivity index (χ3n) is 3.43. The van der Waals surface area contributed by atoms with Crippen molar-refractivity contribution in [2.24, 2.45) is 11.7 Å². The van der Waals surface area contributed by atoms with Gasteiger partial charge in [0.25, 0.3) is 0 Å². The zero-order valence-corrected chi connectivity index (χ0v) is 11.8. The van der Waals surface area contributed by atoms with Gasteiger partial charge in [0.1, 0.15) is 5.75 Å². The number of hydrogen-bond donors (Lipinski definition) is 1. The highest BCUT2D eigenvalue weighted by Gasteiger charge is 2.22. The van der Waals surface area contributed by atoms with Gasteiger partial charge in [0, 0.05) is 6.04 Å². The van der Waals surface area contributed by atoms with Crippen molar-refractivity contribution in [2.45, 2.75) is 52.0 Å². The second kappa shape index (κ2) is 5.75. The molecule has 1 saturated carbocycles. The number of hydrogen-bond acceptors (Lipinski definition) is 2. The number of ether oxygens (including phenoxy) is 1. The van der Waals surface area contributed by atoms with Crippen LogP contribution in [-0.4, -0.2) is 12.6 Å². The largest absolute Gasteiger partial charge is 0.493 e. The summed E-state index contributed by atoms with van der Waals surface area (Å²) in [6.07, 6.45) is 3.60. The molecule has 1 aromatic carbocycles. The molecule has 1 aliphatic rings. The van der Waals surface area contributed by atoms with Crippen LogP contribution in [-0.2, 0) is 6.42 Å². The number of benzene rings is 1. The Bertz CT molecular complexity index is 394. The number of nitrogens with two attached hydrogens (primary N) is 1. The molecule has 18 heavy (non-hydrogen) atoms. The molecule has 0 aromatic heterocycles. The molecule has 2 nitrogen and oxygen atoms in total. The van der Waals surface area contributed by atoms with Crippen molar-refractivity contribution < 1.29 is 4.74 Å². The Labute approximate surface area is 111 Å². The maximum atomic E-state index is 5.95. The van der Waals surface area contributed by atoms with Crippen molar-refractivity contribution in [3.8, 4) is 5.75 Å². The Morgan fingerprint density at radius 1 is 1.28 bits per heavy atom. The van der Waals surface area contributed by atoms with Gasteiger partial charge in [0.15, 0.2) is 0 Å². The lowest BCUT2D eigenvalue weighted by molar-refractivity contribution is 0.295. The first kappa shape index (κ1) is 13.4. The van der Waals surface area contributed by atoms with Crippen LogP contribution in [0.15, 0.2) is 18.2 Å². The highest BCUT2D eigenvalue weighted by molar-refractivity contribution is 5.39. The van der Waals surface area contributed by atoms with E-state index in [1.165, 1.54) is 24.0 Å². The van der Waals surface area contributed by atoms with E-state index >= 15 is 0 Å². The molecule has 0 bridgehead atoms. The summed E-state index contributed by atoms with van der Waals surface area (Å²) in [5.74, 6) is 2.35. The fourth-order valence-corrected chi connectivity index (χ4v) is 2.17. The Morgan fingerprint density at radius 3 is 2.56 bits per heavy atom. The summed E-state index contributed by atoms with van der Waals surface area (Å²) in [4.78, 5) is 0.